The number of carbonyl (C=O) groups excluding carboxylic acids is 2. The molecule has 2 N–H and O–H groups in total. The molecule has 166 valence electrons. The SMILES string of the molecule is CCCNC(=O)c1ccccc1NC(=O)c1cccc(S(=O)(=O)N2CCCCCC2)c1. The van der Waals surface area contributed by atoms with Gasteiger partial charge in [0, 0.05) is 25.2 Å². The lowest BCUT2D eigenvalue weighted by atomic mass is 10.1. The summed E-state index contributed by atoms with van der Waals surface area (Å²) in [5.41, 5.74) is 0.958. The summed E-state index contributed by atoms with van der Waals surface area (Å²) in [5, 5.41) is 5.54. The Morgan fingerprint density at radius 3 is 2.35 bits per heavy atom. The minimum Gasteiger partial charge on any atom is -0.352 e. The fourth-order valence-electron chi connectivity index (χ4n) is 3.55. The van der Waals surface area contributed by atoms with Gasteiger partial charge in [0.2, 0.25) is 10.0 Å². The Bertz CT molecular complexity index is 1030. The second-order valence-corrected chi connectivity index (χ2v) is 9.54. The topological polar surface area (TPSA) is 95.6 Å². The normalized spacial score (nSPS) is 15.1. The van der Waals surface area contributed by atoms with Crippen molar-refractivity contribution in [2.24, 2.45) is 0 Å². The molecule has 0 spiro atoms. The van der Waals surface area contributed by atoms with Gasteiger partial charge in [-0.25, -0.2) is 8.42 Å². The summed E-state index contributed by atoms with van der Waals surface area (Å²) in [6, 6.07) is 12.8. The number of benzene rings is 2. The molecule has 1 heterocycles. The first-order chi connectivity index (χ1) is 14.9. The van der Waals surface area contributed by atoms with Crippen LogP contribution in [0.1, 0.15) is 59.7 Å². The highest BCUT2D eigenvalue weighted by molar-refractivity contribution is 7.89. The first-order valence-electron chi connectivity index (χ1n) is 10.7. The van der Waals surface area contributed by atoms with E-state index in [9.17, 15) is 18.0 Å². The molecular formula is C23H29N3O4S. The molecule has 31 heavy (non-hydrogen) atoms. The Hall–Kier alpha value is -2.71. The van der Waals surface area contributed by atoms with Crippen molar-refractivity contribution in [1.82, 2.24) is 9.62 Å². The van der Waals surface area contributed by atoms with E-state index in [1.165, 1.54) is 16.4 Å². The minimum absolute atomic E-state index is 0.107. The third-order valence-corrected chi connectivity index (χ3v) is 7.15. The molecular weight excluding hydrogens is 414 g/mol. The third-order valence-electron chi connectivity index (χ3n) is 5.25. The van der Waals surface area contributed by atoms with Crippen molar-refractivity contribution in [3.63, 3.8) is 0 Å². The summed E-state index contributed by atoms with van der Waals surface area (Å²) < 4.78 is 27.6. The summed E-state index contributed by atoms with van der Waals surface area (Å²) in [4.78, 5) is 25.4. The molecule has 8 heteroatoms. The molecule has 0 aromatic heterocycles. The lowest BCUT2D eigenvalue weighted by Crippen LogP contribution is -2.32. The quantitative estimate of drug-likeness (QED) is 0.683. The van der Waals surface area contributed by atoms with E-state index in [2.05, 4.69) is 10.6 Å². The van der Waals surface area contributed by atoms with E-state index in [1.54, 1.807) is 36.4 Å². The first-order valence-corrected chi connectivity index (χ1v) is 12.2. The second kappa shape index (κ2) is 10.5. The average molecular weight is 444 g/mol. The number of rotatable bonds is 7. The summed E-state index contributed by atoms with van der Waals surface area (Å²) in [6.45, 7) is 3.50. The van der Waals surface area contributed by atoms with E-state index in [1.807, 2.05) is 6.92 Å². The van der Waals surface area contributed by atoms with Crippen LogP contribution >= 0.6 is 0 Å². The second-order valence-electron chi connectivity index (χ2n) is 7.60. The number of para-hydroxylation sites is 1. The van der Waals surface area contributed by atoms with Crippen LogP contribution < -0.4 is 10.6 Å². The molecule has 1 aliphatic heterocycles. The number of anilines is 1. The molecule has 2 aromatic carbocycles. The Labute approximate surface area is 183 Å². The van der Waals surface area contributed by atoms with Gasteiger partial charge < -0.3 is 10.6 Å². The van der Waals surface area contributed by atoms with Gasteiger partial charge in [-0.3, -0.25) is 9.59 Å². The molecule has 0 aliphatic carbocycles. The Morgan fingerprint density at radius 2 is 1.65 bits per heavy atom. The number of hydrogen-bond donors (Lipinski definition) is 2. The highest BCUT2D eigenvalue weighted by atomic mass is 32.2. The maximum atomic E-state index is 13.1. The van der Waals surface area contributed by atoms with Crippen molar-refractivity contribution >= 4 is 27.5 Å². The van der Waals surface area contributed by atoms with Crippen LogP contribution in [0.15, 0.2) is 53.4 Å². The van der Waals surface area contributed by atoms with Gasteiger partial charge in [0.15, 0.2) is 0 Å². The molecule has 3 rings (SSSR count). The fraction of sp³-hybridized carbons (Fsp3) is 0.391. The van der Waals surface area contributed by atoms with Crippen LogP contribution in [0.25, 0.3) is 0 Å². The van der Waals surface area contributed by atoms with Crippen LogP contribution in [0.5, 0.6) is 0 Å². The van der Waals surface area contributed by atoms with Crippen molar-refractivity contribution in [1.29, 1.82) is 0 Å². The largest absolute Gasteiger partial charge is 0.352 e. The Morgan fingerprint density at radius 1 is 0.935 bits per heavy atom. The lowest BCUT2D eigenvalue weighted by Gasteiger charge is -2.20. The summed E-state index contributed by atoms with van der Waals surface area (Å²) in [7, 11) is -3.66. The minimum atomic E-state index is -3.66. The first kappa shape index (κ1) is 23.0. The zero-order valence-electron chi connectivity index (χ0n) is 17.8. The number of amides is 2. The number of carbonyl (C=O) groups is 2. The monoisotopic (exact) mass is 443 g/mol. The summed E-state index contributed by atoms with van der Waals surface area (Å²) >= 11 is 0. The smallest absolute Gasteiger partial charge is 0.255 e. The zero-order chi connectivity index (χ0) is 22.3. The Kier molecular flexibility index (Phi) is 7.81. The molecule has 0 bridgehead atoms. The number of sulfonamides is 1. The van der Waals surface area contributed by atoms with Gasteiger partial charge in [-0.1, -0.05) is 38.0 Å². The highest BCUT2D eigenvalue weighted by Crippen LogP contribution is 2.22. The lowest BCUT2D eigenvalue weighted by molar-refractivity contribution is 0.0954. The van der Waals surface area contributed by atoms with E-state index in [4.69, 9.17) is 0 Å². The molecule has 7 nitrogen and oxygen atoms in total. The van der Waals surface area contributed by atoms with Crippen LogP contribution in [-0.2, 0) is 10.0 Å². The van der Waals surface area contributed by atoms with E-state index in [0.717, 1.165) is 32.1 Å². The van der Waals surface area contributed by atoms with Gasteiger partial charge in [0.25, 0.3) is 11.8 Å². The van der Waals surface area contributed by atoms with Crippen molar-refractivity contribution < 1.29 is 18.0 Å². The predicted octanol–water partition coefficient (Wildman–Crippen LogP) is 3.64. The van der Waals surface area contributed by atoms with Crippen molar-refractivity contribution in [3.8, 4) is 0 Å². The van der Waals surface area contributed by atoms with Gasteiger partial charge >= 0.3 is 0 Å². The van der Waals surface area contributed by atoms with Crippen LogP contribution in [0.4, 0.5) is 5.69 Å². The van der Waals surface area contributed by atoms with Crippen molar-refractivity contribution in [2.45, 2.75) is 43.9 Å². The number of nitrogens with zero attached hydrogens (tertiary/aromatic N) is 1. The Balaban J connectivity index is 1.81. The van der Waals surface area contributed by atoms with Crippen molar-refractivity contribution in [2.75, 3.05) is 25.0 Å². The molecule has 0 atom stereocenters. The van der Waals surface area contributed by atoms with Crippen LogP contribution in [0, 0.1) is 0 Å². The molecule has 0 radical (unpaired) electrons. The molecule has 0 unspecified atom stereocenters. The van der Waals surface area contributed by atoms with Crippen molar-refractivity contribution in [3.05, 3.63) is 59.7 Å². The summed E-state index contributed by atoms with van der Waals surface area (Å²) in [6.07, 6.45) is 4.55. The van der Waals surface area contributed by atoms with E-state index in [0.29, 0.717) is 30.9 Å². The van der Waals surface area contributed by atoms with Gasteiger partial charge in [-0.05, 0) is 49.6 Å². The predicted molar refractivity (Wildman–Crippen MR) is 121 cm³/mol. The highest BCUT2D eigenvalue weighted by Gasteiger charge is 2.26. The summed E-state index contributed by atoms with van der Waals surface area (Å²) in [5.74, 6) is -0.737. The van der Waals surface area contributed by atoms with Crippen LogP contribution in [0.3, 0.4) is 0 Å². The van der Waals surface area contributed by atoms with Gasteiger partial charge in [0.05, 0.1) is 16.1 Å². The van der Waals surface area contributed by atoms with Gasteiger partial charge in [-0.15, -0.1) is 0 Å². The molecule has 2 amide bonds. The van der Waals surface area contributed by atoms with Crippen LogP contribution in [0.2, 0.25) is 0 Å². The number of nitrogens with one attached hydrogen (secondary N) is 2. The average Bonchev–Trinajstić information content (AvgIpc) is 3.08. The molecule has 0 saturated carbocycles. The van der Waals surface area contributed by atoms with E-state index >= 15 is 0 Å². The zero-order valence-corrected chi connectivity index (χ0v) is 18.6. The number of hydrogen-bond acceptors (Lipinski definition) is 4. The fourth-order valence-corrected chi connectivity index (χ4v) is 5.11. The molecule has 1 fully saturated rings. The molecule has 1 saturated heterocycles. The molecule has 1 aliphatic rings. The van der Waals surface area contributed by atoms with Gasteiger partial charge in [0.1, 0.15) is 0 Å². The van der Waals surface area contributed by atoms with Crippen LogP contribution in [-0.4, -0.2) is 44.2 Å². The standard InChI is InChI=1S/C23H29N3O4S/c1-2-14-24-23(28)20-12-5-6-13-21(20)25-22(27)18-10-9-11-19(17-18)31(29,30)26-15-7-3-4-8-16-26/h5-6,9-13,17H,2-4,7-8,14-16H2,1H3,(H,24,28)(H,25,27). The molecule has 2 aromatic rings. The van der Waals surface area contributed by atoms with E-state index < -0.39 is 15.9 Å². The van der Waals surface area contributed by atoms with E-state index in [-0.39, 0.29) is 16.4 Å². The third kappa shape index (κ3) is 5.71. The maximum Gasteiger partial charge on any atom is 0.255 e. The van der Waals surface area contributed by atoms with Gasteiger partial charge in [-0.2, -0.15) is 4.31 Å². The maximum absolute atomic E-state index is 13.1.